The van der Waals surface area contributed by atoms with E-state index in [0.717, 1.165) is 17.8 Å². The van der Waals surface area contributed by atoms with Crippen LogP contribution >= 0.6 is 0 Å². The molecule has 0 heterocycles. The van der Waals surface area contributed by atoms with E-state index in [4.69, 9.17) is 5.73 Å². The summed E-state index contributed by atoms with van der Waals surface area (Å²) >= 11 is 0. The van der Waals surface area contributed by atoms with Crippen molar-refractivity contribution in [2.75, 3.05) is 0 Å². The van der Waals surface area contributed by atoms with Gasteiger partial charge < -0.3 is 5.73 Å². The van der Waals surface area contributed by atoms with Gasteiger partial charge in [-0.25, -0.2) is 0 Å². The molecule has 0 radical (unpaired) electrons. The Labute approximate surface area is 116 Å². The summed E-state index contributed by atoms with van der Waals surface area (Å²) in [5.41, 5.74) is 10.1. The van der Waals surface area contributed by atoms with Crippen molar-refractivity contribution in [2.45, 2.75) is 57.4 Å². The first-order chi connectivity index (χ1) is 9.19. The van der Waals surface area contributed by atoms with Gasteiger partial charge in [0.15, 0.2) is 0 Å². The molecule has 0 aliphatic heterocycles. The molecule has 2 saturated carbocycles. The summed E-state index contributed by atoms with van der Waals surface area (Å²) < 4.78 is 0. The van der Waals surface area contributed by atoms with Crippen molar-refractivity contribution >= 4 is 0 Å². The van der Waals surface area contributed by atoms with E-state index in [9.17, 15) is 0 Å². The summed E-state index contributed by atoms with van der Waals surface area (Å²) in [6.07, 6.45) is 8.40. The topological polar surface area (TPSA) is 26.0 Å². The van der Waals surface area contributed by atoms with Crippen LogP contribution in [0.3, 0.4) is 0 Å². The largest absolute Gasteiger partial charge is 0.324 e. The average molecular weight is 255 g/mol. The van der Waals surface area contributed by atoms with Gasteiger partial charge in [0.2, 0.25) is 0 Å². The van der Waals surface area contributed by atoms with Crippen LogP contribution in [0.5, 0.6) is 0 Å². The highest BCUT2D eigenvalue weighted by Crippen LogP contribution is 2.61. The third-order valence-corrected chi connectivity index (χ3v) is 6.54. The molecule has 0 aromatic heterocycles. The maximum Gasteiger partial charge on any atom is 0.0300 e. The lowest BCUT2D eigenvalue weighted by molar-refractivity contribution is 0.0542. The Balaban J connectivity index is 1.76. The van der Waals surface area contributed by atoms with E-state index in [-0.39, 0.29) is 6.04 Å². The number of nitrogens with two attached hydrogens (primary N) is 1. The zero-order valence-electron chi connectivity index (χ0n) is 11.9. The van der Waals surface area contributed by atoms with E-state index in [1.54, 1.807) is 5.56 Å². The minimum Gasteiger partial charge on any atom is -0.324 e. The van der Waals surface area contributed by atoms with Crippen LogP contribution in [0.4, 0.5) is 0 Å². The van der Waals surface area contributed by atoms with Crippen molar-refractivity contribution in [1.82, 2.24) is 0 Å². The molecule has 3 aliphatic carbocycles. The summed E-state index contributed by atoms with van der Waals surface area (Å²) in [5, 5.41) is 0. The predicted octanol–water partition coefficient (Wildman–Crippen LogP) is 4.39. The second kappa shape index (κ2) is 4.09. The van der Waals surface area contributed by atoms with Gasteiger partial charge in [0.25, 0.3) is 0 Å². The van der Waals surface area contributed by atoms with Crippen LogP contribution in [0.15, 0.2) is 24.3 Å². The summed E-state index contributed by atoms with van der Waals surface area (Å²) in [6.45, 7) is 2.55. The maximum atomic E-state index is 6.48. The molecule has 4 rings (SSSR count). The maximum absolute atomic E-state index is 6.48. The number of benzene rings is 1. The molecule has 0 saturated heterocycles. The van der Waals surface area contributed by atoms with Crippen LogP contribution in [0.2, 0.25) is 0 Å². The fourth-order valence-corrected chi connectivity index (χ4v) is 5.60. The molecule has 1 heteroatoms. The first kappa shape index (κ1) is 12.0. The molecule has 1 nitrogen and oxygen atoms in total. The molecule has 19 heavy (non-hydrogen) atoms. The van der Waals surface area contributed by atoms with E-state index < -0.39 is 0 Å². The van der Waals surface area contributed by atoms with Crippen LogP contribution in [-0.2, 0) is 0 Å². The second-order valence-electron chi connectivity index (χ2n) is 7.43. The second-order valence-corrected chi connectivity index (χ2v) is 7.43. The molecule has 102 valence electrons. The normalized spacial score (nSPS) is 44.3. The smallest absolute Gasteiger partial charge is 0.0300 e. The Morgan fingerprint density at radius 3 is 2.74 bits per heavy atom. The first-order valence-electron chi connectivity index (χ1n) is 8.03. The van der Waals surface area contributed by atoms with Crippen LogP contribution in [0.1, 0.15) is 68.5 Å². The van der Waals surface area contributed by atoms with Crippen LogP contribution in [-0.4, -0.2) is 0 Å². The molecular formula is C18H25N. The van der Waals surface area contributed by atoms with Crippen LogP contribution < -0.4 is 5.73 Å². The quantitative estimate of drug-likeness (QED) is 0.731. The van der Waals surface area contributed by atoms with E-state index in [1.165, 1.54) is 44.1 Å². The van der Waals surface area contributed by atoms with E-state index in [0.29, 0.717) is 5.41 Å². The highest BCUT2D eigenvalue weighted by Gasteiger charge is 2.51. The highest BCUT2D eigenvalue weighted by molar-refractivity contribution is 5.37. The van der Waals surface area contributed by atoms with Crippen molar-refractivity contribution < 1.29 is 0 Å². The molecule has 3 aliphatic rings. The lowest BCUT2D eigenvalue weighted by Gasteiger charge is -2.50. The van der Waals surface area contributed by atoms with E-state index >= 15 is 0 Å². The Hall–Kier alpha value is -0.820. The first-order valence-corrected chi connectivity index (χ1v) is 8.03. The Morgan fingerprint density at radius 2 is 1.89 bits per heavy atom. The predicted molar refractivity (Wildman–Crippen MR) is 78.9 cm³/mol. The zero-order valence-corrected chi connectivity index (χ0v) is 11.9. The van der Waals surface area contributed by atoms with Crippen LogP contribution in [0.25, 0.3) is 0 Å². The van der Waals surface area contributed by atoms with Gasteiger partial charge in [0, 0.05) is 6.04 Å². The van der Waals surface area contributed by atoms with Crippen molar-refractivity contribution in [1.29, 1.82) is 0 Å². The van der Waals surface area contributed by atoms with Crippen molar-refractivity contribution in [3.63, 3.8) is 0 Å². The summed E-state index contributed by atoms with van der Waals surface area (Å²) in [5.74, 6) is 2.59. The molecule has 0 amide bonds. The highest BCUT2D eigenvalue weighted by atomic mass is 14.7. The van der Waals surface area contributed by atoms with Crippen LogP contribution in [0, 0.1) is 17.3 Å². The Morgan fingerprint density at radius 1 is 1.11 bits per heavy atom. The summed E-state index contributed by atoms with van der Waals surface area (Å²) in [4.78, 5) is 0. The number of hydrogen-bond donors (Lipinski definition) is 1. The molecular weight excluding hydrogens is 230 g/mol. The monoisotopic (exact) mass is 255 g/mol. The molecule has 0 spiro atoms. The molecule has 2 N–H and O–H groups in total. The fourth-order valence-electron chi connectivity index (χ4n) is 5.60. The van der Waals surface area contributed by atoms with Crippen molar-refractivity contribution in [3.05, 3.63) is 35.4 Å². The van der Waals surface area contributed by atoms with Gasteiger partial charge in [-0.05, 0) is 66.4 Å². The standard InChI is InChI=1S/C18H25N/c1-18-9-4-7-16(18)15-11-17(19)14-6-3-2-5-12(14)13(15)8-10-18/h2-3,5-6,13,15-17H,4,7-11,19H2,1H3. The van der Waals surface area contributed by atoms with Crippen molar-refractivity contribution in [3.8, 4) is 0 Å². The van der Waals surface area contributed by atoms with Gasteiger partial charge in [0.05, 0.1) is 0 Å². The number of fused-ring (bicyclic) bond motifs is 5. The molecule has 5 unspecified atom stereocenters. The van der Waals surface area contributed by atoms with Gasteiger partial charge >= 0.3 is 0 Å². The van der Waals surface area contributed by atoms with Gasteiger partial charge in [-0.15, -0.1) is 0 Å². The van der Waals surface area contributed by atoms with Gasteiger partial charge in [-0.1, -0.05) is 37.6 Å². The van der Waals surface area contributed by atoms with Crippen molar-refractivity contribution in [2.24, 2.45) is 23.0 Å². The molecule has 0 bridgehead atoms. The lowest BCUT2D eigenvalue weighted by Crippen LogP contribution is -2.41. The molecule has 5 atom stereocenters. The third kappa shape index (κ3) is 1.64. The Kier molecular flexibility index (Phi) is 2.57. The van der Waals surface area contributed by atoms with Gasteiger partial charge in [-0.3, -0.25) is 0 Å². The number of rotatable bonds is 0. The lowest BCUT2D eigenvalue weighted by atomic mass is 9.55. The number of hydrogen-bond acceptors (Lipinski definition) is 1. The average Bonchev–Trinajstić information content (AvgIpc) is 2.81. The van der Waals surface area contributed by atoms with E-state index in [1.807, 2.05) is 0 Å². The van der Waals surface area contributed by atoms with E-state index in [2.05, 4.69) is 31.2 Å². The minimum absolute atomic E-state index is 0.278. The van der Waals surface area contributed by atoms with Gasteiger partial charge in [0.1, 0.15) is 0 Å². The summed E-state index contributed by atoms with van der Waals surface area (Å²) in [6, 6.07) is 9.25. The fraction of sp³-hybridized carbons (Fsp3) is 0.667. The Bertz CT molecular complexity index is 494. The molecule has 2 fully saturated rings. The van der Waals surface area contributed by atoms with Gasteiger partial charge in [-0.2, -0.15) is 0 Å². The summed E-state index contributed by atoms with van der Waals surface area (Å²) in [7, 11) is 0. The molecule has 1 aromatic carbocycles. The SMILES string of the molecule is CC12CCCC1C1CC(N)c3ccccc3C1CC2. The minimum atomic E-state index is 0.278. The molecule has 1 aromatic rings. The zero-order chi connectivity index (χ0) is 13.0. The third-order valence-electron chi connectivity index (χ3n) is 6.54.